The fourth-order valence-electron chi connectivity index (χ4n) is 3.97. The number of rotatable bonds is 6. The fourth-order valence-corrected chi connectivity index (χ4v) is 6.33. The number of benzene rings is 1. The van der Waals surface area contributed by atoms with Crippen molar-refractivity contribution in [3.05, 3.63) is 23.8 Å². The van der Waals surface area contributed by atoms with E-state index in [0.717, 1.165) is 18.0 Å². The summed E-state index contributed by atoms with van der Waals surface area (Å²) in [7, 11) is 1.81. The molecule has 1 aromatic rings. The summed E-state index contributed by atoms with van der Waals surface area (Å²) in [5, 5.41) is 2.16. The number of anilines is 1. The molecule has 3 rings (SSSR count). The predicted octanol–water partition coefficient (Wildman–Crippen LogP) is 0.709. The smallest absolute Gasteiger partial charge is 0.256 e. The number of sulfonamides is 1. The zero-order valence-corrected chi connectivity index (χ0v) is 22.1. The summed E-state index contributed by atoms with van der Waals surface area (Å²) in [6.07, 6.45) is 0.305. The molecule has 2 aliphatic rings. The van der Waals surface area contributed by atoms with Gasteiger partial charge in [-0.05, 0) is 58.7 Å². The summed E-state index contributed by atoms with van der Waals surface area (Å²) >= 11 is 12.4. The fraction of sp³-hybridized carbons (Fsp3) is 0.619. The third kappa shape index (κ3) is 6.01. The van der Waals surface area contributed by atoms with Crippen LogP contribution in [0.15, 0.2) is 23.1 Å². The minimum Gasteiger partial charge on any atom is -0.324 e. The molecule has 13 heteroatoms. The van der Waals surface area contributed by atoms with Gasteiger partial charge in [0.15, 0.2) is 0 Å². The van der Waals surface area contributed by atoms with Crippen LogP contribution in [0.3, 0.4) is 0 Å². The van der Waals surface area contributed by atoms with Crippen LogP contribution in [0.25, 0.3) is 0 Å². The van der Waals surface area contributed by atoms with Gasteiger partial charge in [-0.2, -0.15) is 4.31 Å². The van der Waals surface area contributed by atoms with Crippen LogP contribution < -0.4 is 10.7 Å². The number of halogens is 2. The molecule has 3 unspecified atom stereocenters. The molecule has 0 spiro atoms. The van der Waals surface area contributed by atoms with Gasteiger partial charge in [0, 0.05) is 25.3 Å². The van der Waals surface area contributed by atoms with E-state index >= 15 is 0 Å². The monoisotopic (exact) mass is 534 g/mol. The number of nitrogens with one attached hydrogen (secondary N) is 2. The van der Waals surface area contributed by atoms with Crippen molar-refractivity contribution in [2.45, 2.75) is 35.2 Å². The molecule has 0 bridgehead atoms. The molecule has 2 heterocycles. The van der Waals surface area contributed by atoms with E-state index in [1.165, 1.54) is 10.4 Å². The molecule has 2 saturated heterocycles. The number of likely N-dealkylation sites (N-methyl/N-ethyl adjacent to an activating group) is 1. The number of hydrogen-bond acceptors (Lipinski definition) is 7. The molecule has 0 aliphatic carbocycles. The lowest BCUT2D eigenvalue weighted by Gasteiger charge is -2.41. The van der Waals surface area contributed by atoms with E-state index in [2.05, 4.69) is 15.6 Å². The van der Waals surface area contributed by atoms with Gasteiger partial charge in [-0.25, -0.2) is 13.8 Å². The second kappa shape index (κ2) is 11.1. The number of aryl methyl sites for hydroxylation is 1. The van der Waals surface area contributed by atoms with Crippen LogP contribution in [0.5, 0.6) is 0 Å². The van der Waals surface area contributed by atoms with Crippen LogP contribution in [0, 0.1) is 6.92 Å². The highest BCUT2D eigenvalue weighted by molar-refractivity contribution is 7.89. The molecule has 2 N–H and O–H groups in total. The van der Waals surface area contributed by atoms with Crippen LogP contribution >= 0.6 is 23.2 Å². The first kappa shape index (κ1) is 27.1. The standard InChI is InChI=1S/C21H32Cl2N6O4S/c1-14-6-7-15(12-16(14)34(32,33)28-9-5-8-27(4)10-11-28)24-17(30)13-29-21(31)19(23)18(22)20(25-29)26(2)3/h6-7,12,18-20,25H,5,8-11,13H2,1-4H3,(H,24,30). The van der Waals surface area contributed by atoms with Gasteiger partial charge in [-0.3, -0.25) is 19.5 Å². The summed E-state index contributed by atoms with van der Waals surface area (Å²) in [6.45, 7) is 3.76. The Labute approximate surface area is 211 Å². The average Bonchev–Trinajstić information content (AvgIpc) is 3.00. The van der Waals surface area contributed by atoms with Crippen molar-refractivity contribution in [2.24, 2.45) is 0 Å². The van der Waals surface area contributed by atoms with Gasteiger partial charge in [-0.1, -0.05) is 6.07 Å². The number of hydrogen-bond donors (Lipinski definition) is 2. The molecule has 0 radical (unpaired) electrons. The van der Waals surface area contributed by atoms with Crippen LogP contribution in [0.1, 0.15) is 12.0 Å². The maximum absolute atomic E-state index is 13.3. The molecule has 0 saturated carbocycles. The maximum atomic E-state index is 13.3. The Morgan fingerprint density at radius 1 is 1.21 bits per heavy atom. The Balaban J connectivity index is 1.73. The van der Waals surface area contributed by atoms with Crippen LogP contribution in [-0.4, -0.2) is 110 Å². The molecular formula is C21H32Cl2N6O4S. The highest BCUT2D eigenvalue weighted by Gasteiger charge is 2.42. The highest BCUT2D eigenvalue weighted by Crippen LogP contribution is 2.25. The normalized spacial score (nSPS) is 25.4. The average molecular weight is 535 g/mol. The molecule has 10 nitrogen and oxygen atoms in total. The van der Waals surface area contributed by atoms with Crippen molar-refractivity contribution >= 4 is 50.7 Å². The lowest BCUT2D eigenvalue weighted by atomic mass is 10.1. The molecule has 2 aliphatic heterocycles. The third-order valence-electron chi connectivity index (χ3n) is 6.00. The summed E-state index contributed by atoms with van der Waals surface area (Å²) in [4.78, 5) is 29.3. The van der Waals surface area contributed by atoms with E-state index in [9.17, 15) is 18.0 Å². The zero-order chi connectivity index (χ0) is 25.2. The second-order valence-electron chi connectivity index (χ2n) is 8.90. The molecule has 2 amide bonds. The van der Waals surface area contributed by atoms with Gasteiger partial charge in [0.1, 0.15) is 11.9 Å². The molecule has 1 aromatic carbocycles. The number of carbonyl (C=O) groups is 2. The minimum atomic E-state index is -3.72. The van der Waals surface area contributed by atoms with Crippen molar-refractivity contribution < 1.29 is 18.0 Å². The number of carbonyl (C=O) groups excluding carboxylic acids is 2. The van der Waals surface area contributed by atoms with Gasteiger partial charge >= 0.3 is 0 Å². The summed E-state index contributed by atoms with van der Waals surface area (Å²) < 4.78 is 28.2. The number of hydrazine groups is 1. The topological polar surface area (TPSA) is 105 Å². The quantitative estimate of drug-likeness (QED) is 0.517. The number of alkyl halides is 2. The van der Waals surface area contributed by atoms with E-state index in [4.69, 9.17) is 23.2 Å². The van der Waals surface area contributed by atoms with Crippen molar-refractivity contribution in [3.63, 3.8) is 0 Å². The number of amides is 2. The van der Waals surface area contributed by atoms with Crippen molar-refractivity contribution in [2.75, 3.05) is 59.2 Å². The van der Waals surface area contributed by atoms with E-state index in [-0.39, 0.29) is 11.4 Å². The first-order valence-electron chi connectivity index (χ1n) is 11.0. The summed E-state index contributed by atoms with van der Waals surface area (Å²) in [5.41, 5.74) is 3.84. The maximum Gasteiger partial charge on any atom is 0.256 e. The SMILES string of the molecule is Cc1ccc(NC(=O)CN2NC(N(C)C)C(Cl)C(Cl)C2=O)cc1S(=O)(=O)N1CCCN(C)CC1. The molecule has 190 valence electrons. The summed E-state index contributed by atoms with van der Waals surface area (Å²) in [5.74, 6) is -1.01. The van der Waals surface area contributed by atoms with Gasteiger partial charge in [-0.15, -0.1) is 23.2 Å². The first-order valence-corrected chi connectivity index (χ1v) is 13.3. The minimum absolute atomic E-state index is 0.153. The van der Waals surface area contributed by atoms with Crippen molar-refractivity contribution in [3.8, 4) is 0 Å². The molecule has 34 heavy (non-hydrogen) atoms. The Hall–Kier alpha value is -1.47. The third-order valence-corrected chi connectivity index (χ3v) is 9.12. The van der Waals surface area contributed by atoms with Crippen molar-refractivity contribution in [1.82, 2.24) is 24.5 Å². The lowest BCUT2D eigenvalue weighted by Crippen LogP contribution is -2.67. The summed E-state index contributed by atoms with van der Waals surface area (Å²) in [6, 6.07) is 4.76. The van der Waals surface area contributed by atoms with Gasteiger partial charge in [0.05, 0.1) is 16.4 Å². The van der Waals surface area contributed by atoms with Gasteiger partial charge in [0.25, 0.3) is 5.91 Å². The van der Waals surface area contributed by atoms with Gasteiger partial charge < -0.3 is 10.2 Å². The van der Waals surface area contributed by atoms with E-state index in [1.54, 1.807) is 38.1 Å². The lowest BCUT2D eigenvalue weighted by molar-refractivity contribution is -0.143. The predicted molar refractivity (Wildman–Crippen MR) is 132 cm³/mol. The Bertz CT molecular complexity index is 1020. The van der Waals surface area contributed by atoms with Crippen LogP contribution in [0.2, 0.25) is 0 Å². The highest BCUT2D eigenvalue weighted by atomic mass is 35.5. The van der Waals surface area contributed by atoms with E-state index < -0.39 is 38.8 Å². The van der Waals surface area contributed by atoms with Crippen LogP contribution in [0.4, 0.5) is 5.69 Å². The van der Waals surface area contributed by atoms with Crippen LogP contribution in [-0.2, 0) is 19.6 Å². The molecule has 0 aromatic heterocycles. The van der Waals surface area contributed by atoms with Crippen molar-refractivity contribution in [1.29, 1.82) is 0 Å². The Morgan fingerprint density at radius 3 is 2.59 bits per heavy atom. The second-order valence-corrected chi connectivity index (χ2v) is 11.8. The first-order chi connectivity index (χ1) is 15.9. The largest absolute Gasteiger partial charge is 0.324 e. The molecular weight excluding hydrogens is 503 g/mol. The molecule has 2 fully saturated rings. The van der Waals surface area contributed by atoms with E-state index in [1.807, 2.05) is 7.05 Å². The van der Waals surface area contributed by atoms with E-state index in [0.29, 0.717) is 30.9 Å². The number of nitrogens with zero attached hydrogens (tertiary/aromatic N) is 4. The zero-order valence-electron chi connectivity index (χ0n) is 19.8. The Morgan fingerprint density at radius 2 is 1.91 bits per heavy atom. The van der Waals surface area contributed by atoms with Gasteiger partial charge in [0.2, 0.25) is 15.9 Å². The Kier molecular flexibility index (Phi) is 8.83. The molecule has 3 atom stereocenters.